The zero-order valence-corrected chi connectivity index (χ0v) is 19.8. The first-order valence-electron chi connectivity index (χ1n) is 9.88. The van der Waals surface area contributed by atoms with E-state index in [1.165, 1.54) is 37.4 Å². The summed E-state index contributed by atoms with van der Waals surface area (Å²) >= 11 is 6.15. The minimum absolute atomic E-state index is 0.0318. The molecule has 2 N–H and O–H groups in total. The Hall–Kier alpha value is -3.83. The quantitative estimate of drug-likeness (QED) is 0.469. The van der Waals surface area contributed by atoms with Crippen molar-refractivity contribution in [3.05, 3.63) is 70.5 Å². The number of halogens is 1. The fraction of sp³-hybridized carbons (Fsp3) is 0.136. The molecule has 1 aliphatic rings. The highest BCUT2D eigenvalue weighted by atomic mass is 35.5. The molecular weight excluding hydrogens is 484 g/mol. The van der Waals surface area contributed by atoms with Gasteiger partial charge in [0, 0.05) is 17.3 Å². The van der Waals surface area contributed by atoms with Gasteiger partial charge in [0.05, 0.1) is 23.4 Å². The Balaban J connectivity index is 1.53. The van der Waals surface area contributed by atoms with Crippen LogP contribution in [0.5, 0.6) is 5.75 Å². The summed E-state index contributed by atoms with van der Waals surface area (Å²) in [7, 11) is -2.47. The van der Waals surface area contributed by atoms with E-state index in [0.717, 1.165) is 4.90 Å². The van der Waals surface area contributed by atoms with Gasteiger partial charge in [-0.25, -0.2) is 18.0 Å². The summed E-state index contributed by atoms with van der Waals surface area (Å²) in [6, 6.07) is 12.0. The van der Waals surface area contributed by atoms with E-state index in [2.05, 4.69) is 15.2 Å². The molecule has 2 amide bonds. The molecule has 0 aliphatic carbocycles. The molecule has 0 fully saturated rings. The second-order valence-corrected chi connectivity index (χ2v) is 9.37. The Morgan fingerprint density at radius 3 is 2.38 bits per heavy atom. The minimum Gasteiger partial charge on any atom is -0.497 e. The Bertz CT molecular complexity index is 1430. The average molecular weight is 503 g/mol. The number of hydrogen-bond donors (Lipinski definition) is 2. The van der Waals surface area contributed by atoms with E-state index in [1.807, 2.05) is 0 Å². The molecule has 2 aromatic carbocycles. The maximum Gasteiger partial charge on any atom is 0.283 e. The van der Waals surface area contributed by atoms with E-state index in [9.17, 15) is 18.0 Å². The normalized spacial score (nSPS) is 14.1. The van der Waals surface area contributed by atoms with Crippen LogP contribution in [0.3, 0.4) is 0 Å². The Morgan fingerprint density at radius 1 is 1.06 bits per heavy atom. The van der Waals surface area contributed by atoms with Crippen LogP contribution in [0, 0.1) is 13.8 Å². The van der Waals surface area contributed by atoms with E-state index in [0.29, 0.717) is 28.4 Å². The fourth-order valence-corrected chi connectivity index (χ4v) is 4.41. The van der Waals surface area contributed by atoms with Gasteiger partial charge < -0.3 is 14.6 Å². The highest BCUT2D eigenvalue weighted by Gasteiger charge is 2.39. The molecule has 0 unspecified atom stereocenters. The number of imide groups is 1. The molecule has 0 spiro atoms. The monoisotopic (exact) mass is 502 g/mol. The summed E-state index contributed by atoms with van der Waals surface area (Å²) in [5.74, 6) is -0.845. The molecule has 10 nitrogen and oxygen atoms in total. The smallest absolute Gasteiger partial charge is 0.283 e. The second kappa shape index (κ2) is 8.84. The molecule has 0 saturated heterocycles. The molecule has 1 aliphatic heterocycles. The number of nitrogens with one attached hydrogen (secondary N) is 2. The van der Waals surface area contributed by atoms with E-state index in [-0.39, 0.29) is 21.5 Å². The third-order valence-electron chi connectivity index (χ3n) is 5.16. The van der Waals surface area contributed by atoms with Crippen molar-refractivity contribution in [2.45, 2.75) is 18.7 Å². The first-order valence-corrected chi connectivity index (χ1v) is 11.7. The number of sulfonamides is 1. The first-order chi connectivity index (χ1) is 16.1. The summed E-state index contributed by atoms with van der Waals surface area (Å²) in [6.07, 6.45) is 0. The summed E-state index contributed by atoms with van der Waals surface area (Å²) in [4.78, 5) is 26.5. The van der Waals surface area contributed by atoms with Crippen molar-refractivity contribution in [1.29, 1.82) is 0 Å². The van der Waals surface area contributed by atoms with Gasteiger partial charge in [-0.15, -0.1) is 0 Å². The topological polar surface area (TPSA) is 131 Å². The molecule has 1 aromatic heterocycles. The van der Waals surface area contributed by atoms with Crippen molar-refractivity contribution < 1.29 is 27.3 Å². The Morgan fingerprint density at radius 2 is 1.76 bits per heavy atom. The van der Waals surface area contributed by atoms with Gasteiger partial charge in [0.2, 0.25) is 5.88 Å². The van der Waals surface area contributed by atoms with Gasteiger partial charge in [-0.1, -0.05) is 22.8 Å². The van der Waals surface area contributed by atoms with Crippen LogP contribution in [-0.2, 0) is 19.6 Å². The lowest BCUT2D eigenvalue weighted by molar-refractivity contribution is -0.120. The van der Waals surface area contributed by atoms with Gasteiger partial charge in [-0.2, -0.15) is 0 Å². The standard InChI is InChI=1S/C22H19ClN4O6S/c1-12-13(2)25-33-20(12)26-34(30,31)17-9-7-14(8-10-17)24-19-18(23)21(28)27(22(19)29)15-5-4-6-16(11-15)32-3/h4-11,24,26H,1-3H3. The Kier molecular flexibility index (Phi) is 6.07. The van der Waals surface area contributed by atoms with Gasteiger partial charge >= 0.3 is 0 Å². The zero-order chi connectivity index (χ0) is 24.6. The van der Waals surface area contributed by atoms with Crippen LogP contribution in [0.4, 0.5) is 17.3 Å². The van der Waals surface area contributed by atoms with Gasteiger partial charge in [0.1, 0.15) is 16.5 Å². The number of methoxy groups -OCH3 is 1. The maximum absolute atomic E-state index is 12.9. The lowest BCUT2D eigenvalue weighted by atomic mass is 10.2. The van der Waals surface area contributed by atoms with Crippen LogP contribution < -0.4 is 19.7 Å². The predicted octanol–water partition coefficient (Wildman–Crippen LogP) is 3.54. The maximum atomic E-state index is 12.9. The van der Waals surface area contributed by atoms with Crippen molar-refractivity contribution in [3.63, 3.8) is 0 Å². The van der Waals surface area contributed by atoms with Crippen molar-refractivity contribution in [2.24, 2.45) is 0 Å². The van der Waals surface area contributed by atoms with Crippen molar-refractivity contribution in [3.8, 4) is 5.75 Å². The zero-order valence-electron chi connectivity index (χ0n) is 18.2. The van der Waals surface area contributed by atoms with Crippen LogP contribution in [0.2, 0.25) is 0 Å². The van der Waals surface area contributed by atoms with Crippen molar-refractivity contribution in [2.75, 3.05) is 22.0 Å². The molecule has 0 bridgehead atoms. The number of benzene rings is 2. The largest absolute Gasteiger partial charge is 0.497 e. The van der Waals surface area contributed by atoms with Gasteiger partial charge in [0.25, 0.3) is 21.8 Å². The predicted molar refractivity (Wildman–Crippen MR) is 125 cm³/mol. The first kappa shape index (κ1) is 23.3. The summed E-state index contributed by atoms with van der Waals surface area (Å²) in [6.45, 7) is 3.38. The number of amides is 2. The number of aryl methyl sites for hydroxylation is 1. The second-order valence-electron chi connectivity index (χ2n) is 7.31. The molecule has 4 rings (SSSR count). The molecule has 0 atom stereocenters. The molecule has 3 aromatic rings. The fourth-order valence-electron chi connectivity index (χ4n) is 3.15. The summed E-state index contributed by atoms with van der Waals surface area (Å²) in [5, 5.41) is 6.23. The van der Waals surface area contributed by atoms with Crippen LogP contribution in [0.15, 0.2) is 68.7 Å². The molecule has 0 saturated carbocycles. The van der Waals surface area contributed by atoms with Gasteiger partial charge in [0.15, 0.2) is 0 Å². The molecule has 0 radical (unpaired) electrons. The number of hydrogen-bond acceptors (Lipinski definition) is 8. The highest BCUT2D eigenvalue weighted by molar-refractivity contribution is 7.92. The van der Waals surface area contributed by atoms with Crippen LogP contribution in [0.1, 0.15) is 11.3 Å². The number of carbonyl (C=O) groups excluding carboxylic acids is 2. The summed E-state index contributed by atoms with van der Waals surface area (Å²) < 4.78 is 37.8. The number of ether oxygens (including phenoxy) is 1. The van der Waals surface area contributed by atoms with Crippen LogP contribution in [0.25, 0.3) is 0 Å². The molecule has 12 heteroatoms. The number of carbonyl (C=O) groups is 2. The number of rotatable bonds is 7. The van der Waals surface area contributed by atoms with Gasteiger partial charge in [-0.05, 0) is 50.2 Å². The van der Waals surface area contributed by atoms with E-state index < -0.39 is 21.8 Å². The molecule has 2 heterocycles. The van der Waals surface area contributed by atoms with Crippen LogP contribution >= 0.6 is 11.6 Å². The van der Waals surface area contributed by atoms with E-state index in [1.54, 1.807) is 32.0 Å². The van der Waals surface area contributed by atoms with E-state index >= 15 is 0 Å². The molecule has 34 heavy (non-hydrogen) atoms. The highest BCUT2D eigenvalue weighted by Crippen LogP contribution is 2.32. The minimum atomic E-state index is -3.94. The van der Waals surface area contributed by atoms with Gasteiger partial charge in [-0.3, -0.25) is 9.59 Å². The number of aromatic nitrogens is 1. The SMILES string of the molecule is COc1cccc(N2C(=O)C(Cl)=C(Nc3ccc(S(=O)(=O)Nc4onc(C)c4C)cc3)C2=O)c1. The van der Waals surface area contributed by atoms with Crippen molar-refractivity contribution >= 4 is 50.7 Å². The average Bonchev–Trinajstić information content (AvgIpc) is 3.24. The lowest BCUT2D eigenvalue weighted by Gasteiger charge is -2.16. The lowest BCUT2D eigenvalue weighted by Crippen LogP contribution is -2.32. The van der Waals surface area contributed by atoms with E-state index in [4.69, 9.17) is 20.9 Å². The van der Waals surface area contributed by atoms with Crippen molar-refractivity contribution in [1.82, 2.24) is 5.16 Å². The van der Waals surface area contributed by atoms with Crippen LogP contribution in [-0.4, -0.2) is 32.5 Å². The molecule has 176 valence electrons. The Labute approximate surface area is 200 Å². The third-order valence-corrected chi connectivity index (χ3v) is 6.85. The number of nitrogens with zero attached hydrogens (tertiary/aromatic N) is 2. The summed E-state index contributed by atoms with van der Waals surface area (Å²) in [5.41, 5.74) is 1.67. The molecular formula is C22H19ClN4O6S. The number of anilines is 3. The third kappa shape index (κ3) is 4.22.